The number of nitrogens with zero attached hydrogens (tertiary/aromatic N) is 1. The number of aryl methyl sites for hydroxylation is 1. The Labute approximate surface area is 167 Å². The summed E-state index contributed by atoms with van der Waals surface area (Å²) in [6.07, 6.45) is 0.890. The lowest BCUT2D eigenvalue weighted by Gasteiger charge is -2.15. The Morgan fingerprint density at radius 3 is 2.28 bits per heavy atom. The molecule has 1 heterocycles. The predicted octanol–water partition coefficient (Wildman–Crippen LogP) is 4.51. The van der Waals surface area contributed by atoms with Gasteiger partial charge in [0.15, 0.2) is 0 Å². The van der Waals surface area contributed by atoms with E-state index in [0.717, 1.165) is 12.0 Å². The highest BCUT2D eigenvalue weighted by atomic mass is 16.3. The molecule has 3 aromatic carbocycles. The molecule has 4 aromatic rings. The molecule has 0 aliphatic carbocycles. The number of pyridine rings is 1. The first kappa shape index (κ1) is 18.5. The molecular formula is C24H20N2O3. The van der Waals surface area contributed by atoms with Gasteiger partial charge in [0.1, 0.15) is 11.3 Å². The molecule has 144 valence electrons. The monoisotopic (exact) mass is 384 g/mol. The van der Waals surface area contributed by atoms with Crippen molar-refractivity contribution in [2.75, 3.05) is 5.32 Å². The van der Waals surface area contributed by atoms with Crippen LogP contribution in [0.5, 0.6) is 5.75 Å². The third-order valence-electron chi connectivity index (χ3n) is 4.92. The summed E-state index contributed by atoms with van der Waals surface area (Å²) >= 11 is 0. The number of para-hydroxylation sites is 2. The van der Waals surface area contributed by atoms with Gasteiger partial charge in [0.2, 0.25) is 0 Å². The Morgan fingerprint density at radius 2 is 1.59 bits per heavy atom. The van der Waals surface area contributed by atoms with Crippen molar-refractivity contribution in [3.05, 3.63) is 100 Å². The first-order chi connectivity index (χ1) is 14.1. The SMILES string of the molecule is CCc1ccc(NC(=O)c2c(O)c3ccccc3n(-c3ccccc3)c2=O)cc1. The predicted molar refractivity (Wildman–Crippen MR) is 115 cm³/mol. The van der Waals surface area contributed by atoms with Crippen molar-refractivity contribution in [3.63, 3.8) is 0 Å². The fraction of sp³-hybridized carbons (Fsp3) is 0.0833. The second-order valence-electron chi connectivity index (χ2n) is 6.72. The molecule has 0 saturated heterocycles. The first-order valence-corrected chi connectivity index (χ1v) is 9.42. The Kier molecular flexibility index (Phi) is 4.87. The smallest absolute Gasteiger partial charge is 0.272 e. The molecular weight excluding hydrogens is 364 g/mol. The number of aromatic nitrogens is 1. The number of anilines is 1. The molecule has 1 amide bonds. The van der Waals surface area contributed by atoms with Gasteiger partial charge in [-0.2, -0.15) is 0 Å². The van der Waals surface area contributed by atoms with Crippen LogP contribution in [0.15, 0.2) is 83.7 Å². The zero-order chi connectivity index (χ0) is 20.4. The van der Waals surface area contributed by atoms with E-state index in [2.05, 4.69) is 5.32 Å². The highest BCUT2D eigenvalue weighted by molar-refractivity contribution is 6.09. The fourth-order valence-corrected chi connectivity index (χ4v) is 3.38. The van der Waals surface area contributed by atoms with Crippen LogP contribution in [0.1, 0.15) is 22.8 Å². The summed E-state index contributed by atoms with van der Waals surface area (Å²) in [7, 11) is 0. The normalized spacial score (nSPS) is 10.8. The van der Waals surface area contributed by atoms with Gasteiger partial charge in [0, 0.05) is 16.8 Å². The van der Waals surface area contributed by atoms with E-state index in [9.17, 15) is 14.7 Å². The molecule has 2 N–H and O–H groups in total. The van der Waals surface area contributed by atoms with Crippen molar-refractivity contribution >= 4 is 22.5 Å². The quantitative estimate of drug-likeness (QED) is 0.544. The Morgan fingerprint density at radius 1 is 0.931 bits per heavy atom. The number of hydrogen-bond acceptors (Lipinski definition) is 3. The van der Waals surface area contributed by atoms with Crippen LogP contribution in [-0.2, 0) is 6.42 Å². The number of benzene rings is 3. The van der Waals surface area contributed by atoms with Crippen LogP contribution < -0.4 is 10.9 Å². The summed E-state index contributed by atoms with van der Waals surface area (Å²) < 4.78 is 1.45. The molecule has 0 radical (unpaired) electrons. The summed E-state index contributed by atoms with van der Waals surface area (Å²) in [4.78, 5) is 26.2. The lowest BCUT2D eigenvalue weighted by atomic mass is 10.1. The summed E-state index contributed by atoms with van der Waals surface area (Å²) in [5, 5.41) is 13.9. The van der Waals surface area contributed by atoms with Crippen molar-refractivity contribution in [3.8, 4) is 11.4 Å². The lowest BCUT2D eigenvalue weighted by Crippen LogP contribution is -2.29. The van der Waals surface area contributed by atoms with Crippen LogP contribution in [0.3, 0.4) is 0 Å². The average Bonchev–Trinajstić information content (AvgIpc) is 2.75. The first-order valence-electron chi connectivity index (χ1n) is 9.42. The maximum Gasteiger partial charge on any atom is 0.272 e. The van der Waals surface area contributed by atoms with Gasteiger partial charge in [0.05, 0.1) is 5.52 Å². The van der Waals surface area contributed by atoms with E-state index in [-0.39, 0.29) is 11.3 Å². The Balaban J connectivity index is 1.88. The summed E-state index contributed by atoms with van der Waals surface area (Å²) in [5.74, 6) is -0.965. The molecule has 0 unspecified atom stereocenters. The summed E-state index contributed by atoms with van der Waals surface area (Å²) in [6, 6.07) is 23.4. The maximum absolute atomic E-state index is 13.3. The number of rotatable bonds is 4. The third-order valence-corrected chi connectivity index (χ3v) is 4.92. The number of fused-ring (bicyclic) bond motifs is 1. The van der Waals surface area contributed by atoms with E-state index in [4.69, 9.17) is 0 Å². The van der Waals surface area contributed by atoms with Crippen LogP contribution in [0.4, 0.5) is 5.69 Å². The van der Waals surface area contributed by atoms with Gasteiger partial charge in [0.25, 0.3) is 11.5 Å². The van der Waals surface area contributed by atoms with Gasteiger partial charge in [-0.1, -0.05) is 49.4 Å². The molecule has 4 rings (SSSR count). The minimum absolute atomic E-state index is 0.285. The minimum Gasteiger partial charge on any atom is -0.506 e. The van der Waals surface area contributed by atoms with Gasteiger partial charge in [-0.15, -0.1) is 0 Å². The Hall–Kier alpha value is -3.86. The van der Waals surface area contributed by atoms with Crippen molar-refractivity contribution < 1.29 is 9.90 Å². The van der Waals surface area contributed by atoms with Crippen molar-refractivity contribution in [1.82, 2.24) is 4.57 Å². The summed E-state index contributed by atoms with van der Waals surface area (Å²) in [5.41, 5.74) is 2.00. The molecule has 0 bridgehead atoms. The van der Waals surface area contributed by atoms with Crippen LogP contribution in [-0.4, -0.2) is 15.6 Å². The molecule has 5 heteroatoms. The second-order valence-corrected chi connectivity index (χ2v) is 6.72. The number of nitrogens with one attached hydrogen (secondary N) is 1. The zero-order valence-corrected chi connectivity index (χ0v) is 15.9. The largest absolute Gasteiger partial charge is 0.506 e. The van der Waals surface area contributed by atoms with Gasteiger partial charge in [-0.05, 0) is 48.4 Å². The lowest BCUT2D eigenvalue weighted by molar-refractivity contribution is 0.102. The van der Waals surface area contributed by atoms with Crippen LogP contribution >= 0.6 is 0 Å². The molecule has 0 spiro atoms. The average molecular weight is 384 g/mol. The van der Waals surface area contributed by atoms with Crippen LogP contribution in [0.2, 0.25) is 0 Å². The van der Waals surface area contributed by atoms with E-state index in [0.29, 0.717) is 22.3 Å². The maximum atomic E-state index is 13.3. The fourth-order valence-electron chi connectivity index (χ4n) is 3.38. The zero-order valence-electron chi connectivity index (χ0n) is 15.9. The topological polar surface area (TPSA) is 71.3 Å². The molecule has 0 aliphatic rings. The summed E-state index contributed by atoms with van der Waals surface area (Å²) in [6.45, 7) is 2.05. The van der Waals surface area contributed by atoms with E-state index in [1.54, 1.807) is 48.5 Å². The highest BCUT2D eigenvalue weighted by Gasteiger charge is 2.23. The van der Waals surface area contributed by atoms with Gasteiger partial charge in [-0.3, -0.25) is 14.2 Å². The van der Waals surface area contributed by atoms with E-state index in [1.165, 1.54) is 4.57 Å². The molecule has 0 aliphatic heterocycles. The molecule has 0 saturated carbocycles. The van der Waals surface area contributed by atoms with Gasteiger partial charge >= 0.3 is 0 Å². The minimum atomic E-state index is -0.646. The van der Waals surface area contributed by atoms with Crippen LogP contribution in [0, 0.1) is 0 Å². The third kappa shape index (κ3) is 3.38. The number of hydrogen-bond donors (Lipinski definition) is 2. The number of amides is 1. The molecule has 29 heavy (non-hydrogen) atoms. The second kappa shape index (κ2) is 7.64. The number of carbonyl (C=O) groups excluding carboxylic acids is 1. The van der Waals surface area contributed by atoms with E-state index < -0.39 is 11.5 Å². The highest BCUT2D eigenvalue weighted by Crippen LogP contribution is 2.28. The van der Waals surface area contributed by atoms with Gasteiger partial charge in [-0.25, -0.2) is 0 Å². The van der Waals surface area contributed by atoms with Crippen molar-refractivity contribution in [2.45, 2.75) is 13.3 Å². The van der Waals surface area contributed by atoms with Gasteiger partial charge < -0.3 is 10.4 Å². The number of carbonyl (C=O) groups is 1. The molecule has 5 nitrogen and oxygen atoms in total. The van der Waals surface area contributed by atoms with Crippen molar-refractivity contribution in [1.29, 1.82) is 0 Å². The standard InChI is InChI=1S/C24H20N2O3/c1-2-16-12-14-17(15-13-16)25-23(28)21-22(27)19-10-6-7-11-20(19)26(24(21)29)18-8-4-3-5-9-18/h3-15,27H,2H2,1H3,(H,25,28). The van der Waals surface area contributed by atoms with Crippen LogP contribution in [0.25, 0.3) is 16.6 Å². The molecule has 1 aromatic heterocycles. The Bertz CT molecular complexity index is 1240. The number of aromatic hydroxyl groups is 1. The molecule has 0 atom stereocenters. The van der Waals surface area contributed by atoms with E-state index >= 15 is 0 Å². The van der Waals surface area contributed by atoms with Crippen molar-refractivity contribution in [2.24, 2.45) is 0 Å². The van der Waals surface area contributed by atoms with E-state index in [1.807, 2.05) is 37.3 Å². The molecule has 0 fully saturated rings.